The summed E-state index contributed by atoms with van der Waals surface area (Å²) in [6.45, 7) is 2.52. The maximum absolute atomic E-state index is 13.6. The zero-order valence-corrected chi connectivity index (χ0v) is 21.4. The molecule has 3 aromatic heterocycles. The Kier molecular flexibility index (Phi) is 8.44. The molecule has 1 amide bonds. The quantitative estimate of drug-likeness (QED) is 0.351. The average Bonchev–Trinajstić information content (AvgIpc) is 3.47. The molecule has 10 heteroatoms. The van der Waals surface area contributed by atoms with Gasteiger partial charge in [0.2, 0.25) is 0 Å². The molecule has 1 aliphatic rings. The molecule has 2 N–H and O–H groups in total. The summed E-state index contributed by atoms with van der Waals surface area (Å²) in [5.41, 5.74) is 5.31. The van der Waals surface area contributed by atoms with Crippen molar-refractivity contribution in [1.29, 1.82) is 0 Å². The number of anilines is 2. The van der Waals surface area contributed by atoms with Crippen LogP contribution in [-0.4, -0.2) is 66.7 Å². The van der Waals surface area contributed by atoms with E-state index >= 15 is 0 Å². The van der Waals surface area contributed by atoms with E-state index in [1.54, 1.807) is 26.6 Å². The van der Waals surface area contributed by atoms with Crippen LogP contribution < -0.4 is 10.6 Å². The number of carbonyl (C=O) groups is 1. The van der Waals surface area contributed by atoms with Gasteiger partial charge in [-0.1, -0.05) is 12.1 Å². The summed E-state index contributed by atoms with van der Waals surface area (Å²) in [7, 11) is 7.29. The fourth-order valence-electron chi connectivity index (χ4n) is 4.11. The molecule has 9 nitrogen and oxygen atoms in total. The number of hydrogen-bond donors (Lipinski definition) is 2. The minimum Gasteiger partial charge on any atom is -0.382 e. The summed E-state index contributed by atoms with van der Waals surface area (Å²) in [6.07, 6.45) is 3.35. The van der Waals surface area contributed by atoms with Crippen molar-refractivity contribution in [2.24, 2.45) is 0 Å². The zero-order valence-electron chi connectivity index (χ0n) is 21.4. The summed E-state index contributed by atoms with van der Waals surface area (Å²) in [4.78, 5) is 23.7. The molecule has 4 heterocycles. The molecule has 0 saturated carbocycles. The second-order valence-corrected chi connectivity index (χ2v) is 8.78. The first-order chi connectivity index (χ1) is 17.9. The highest BCUT2D eigenvalue weighted by atomic mass is 19.1. The van der Waals surface area contributed by atoms with E-state index in [0.29, 0.717) is 42.5 Å². The molecule has 4 aromatic rings. The van der Waals surface area contributed by atoms with Gasteiger partial charge in [0.05, 0.1) is 42.0 Å². The van der Waals surface area contributed by atoms with E-state index in [4.69, 9.17) is 0 Å². The predicted octanol–water partition coefficient (Wildman–Crippen LogP) is 3.86. The van der Waals surface area contributed by atoms with Crippen LogP contribution in [0, 0.1) is 5.82 Å². The summed E-state index contributed by atoms with van der Waals surface area (Å²) in [6, 6.07) is 12.4. The number of imidazole rings is 1. The fraction of sp³-hybridized carbons (Fsp3) is 0.296. The first-order valence-electron chi connectivity index (χ1n) is 11.8. The van der Waals surface area contributed by atoms with Gasteiger partial charge in [0.1, 0.15) is 17.3 Å². The van der Waals surface area contributed by atoms with Gasteiger partial charge in [0.15, 0.2) is 0 Å². The number of amides is 1. The van der Waals surface area contributed by atoms with Gasteiger partial charge in [-0.25, -0.2) is 14.4 Å². The second-order valence-electron chi connectivity index (χ2n) is 8.78. The molecule has 5 rings (SSSR count). The van der Waals surface area contributed by atoms with Crippen LogP contribution in [0.15, 0.2) is 54.9 Å². The van der Waals surface area contributed by atoms with Crippen LogP contribution in [0.3, 0.4) is 0 Å². The molecule has 194 valence electrons. The number of aromatic nitrogens is 3. The fourth-order valence-corrected chi connectivity index (χ4v) is 4.11. The standard InChI is InChI=1S/C23H21FN6O.C4H10O2/c1-29(2)13-15-4-3-5-20(27-15)28-18-7-6-16(17-11-26-23(31)22(17)18)19-12-25-21-10-14(24)8-9-30(19)21;1-5-3-4-6-2/h3-10,12H,11,13H2,1-2H3,(H,26,31)(H,27,28);3-4H2,1-2H3. The Hall–Kier alpha value is -3.86. The molecule has 0 unspecified atom stereocenters. The third-order valence-electron chi connectivity index (χ3n) is 5.76. The predicted molar refractivity (Wildman–Crippen MR) is 140 cm³/mol. The monoisotopic (exact) mass is 506 g/mol. The van der Waals surface area contributed by atoms with Gasteiger partial charge in [0, 0.05) is 45.1 Å². The normalized spacial score (nSPS) is 12.3. The van der Waals surface area contributed by atoms with Gasteiger partial charge in [-0.15, -0.1) is 0 Å². The third-order valence-corrected chi connectivity index (χ3v) is 5.76. The number of hydrogen-bond acceptors (Lipinski definition) is 7. The van der Waals surface area contributed by atoms with E-state index in [-0.39, 0.29) is 11.7 Å². The molecular weight excluding hydrogens is 475 g/mol. The smallest absolute Gasteiger partial charge is 0.254 e. The van der Waals surface area contributed by atoms with Crippen LogP contribution in [0.4, 0.5) is 15.9 Å². The van der Waals surface area contributed by atoms with Crippen LogP contribution >= 0.6 is 0 Å². The highest BCUT2D eigenvalue weighted by Crippen LogP contribution is 2.35. The second kappa shape index (κ2) is 11.9. The number of rotatable bonds is 8. The minimum absolute atomic E-state index is 0.135. The van der Waals surface area contributed by atoms with E-state index in [2.05, 4.69) is 30.1 Å². The van der Waals surface area contributed by atoms with Crippen molar-refractivity contribution in [3.05, 3.63) is 77.5 Å². The number of carbonyl (C=O) groups excluding carboxylic acids is 1. The number of nitrogens with one attached hydrogen (secondary N) is 2. The van der Waals surface area contributed by atoms with Gasteiger partial charge >= 0.3 is 0 Å². The first-order valence-corrected chi connectivity index (χ1v) is 11.8. The van der Waals surface area contributed by atoms with E-state index in [1.165, 1.54) is 12.1 Å². The van der Waals surface area contributed by atoms with Crippen molar-refractivity contribution in [2.75, 3.05) is 46.8 Å². The molecule has 1 aromatic carbocycles. The SMILES string of the molecule is CN(C)Cc1cccc(Nc2ccc(-c3cnc4cc(F)ccn34)c3c2C(=O)NC3)n1.COCCOC. The minimum atomic E-state index is -0.338. The lowest BCUT2D eigenvalue weighted by molar-refractivity contribution is 0.0966. The lowest BCUT2D eigenvalue weighted by Crippen LogP contribution is -2.14. The van der Waals surface area contributed by atoms with E-state index in [1.807, 2.05) is 53.7 Å². The molecule has 1 aliphatic heterocycles. The lowest BCUT2D eigenvalue weighted by atomic mass is 9.99. The van der Waals surface area contributed by atoms with Crippen molar-refractivity contribution >= 4 is 23.1 Å². The molecule has 0 saturated heterocycles. The Morgan fingerprint density at radius 3 is 2.65 bits per heavy atom. The van der Waals surface area contributed by atoms with Gasteiger partial charge in [-0.2, -0.15) is 0 Å². The molecule has 37 heavy (non-hydrogen) atoms. The van der Waals surface area contributed by atoms with Gasteiger partial charge < -0.3 is 25.0 Å². The zero-order chi connectivity index (χ0) is 26.4. The number of methoxy groups -OCH3 is 2. The van der Waals surface area contributed by atoms with Gasteiger partial charge in [-0.3, -0.25) is 9.20 Å². The van der Waals surface area contributed by atoms with Crippen molar-refractivity contribution in [1.82, 2.24) is 24.6 Å². The van der Waals surface area contributed by atoms with E-state index in [0.717, 1.165) is 29.1 Å². The van der Waals surface area contributed by atoms with Gasteiger partial charge in [-0.05, 0) is 43.9 Å². The Labute approximate surface area is 215 Å². The third kappa shape index (κ3) is 6.11. The molecule has 0 atom stereocenters. The summed E-state index contributed by atoms with van der Waals surface area (Å²) < 4.78 is 24.7. The number of ether oxygens (including phenoxy) is 2. The lowest BCUT2D eigenvalue weighted by Gasteiger charge is -2.14. The summed E-state index contributed by atoms with van der Waals surface area (Å²) in [5, 5.41) is 6.22. The Morgan fingerprint density at radius 1 is 1.14 bits per heavy atom. The van der Waals surface area contributed by atoms with Crippen LogP contribution in [0.2, 0.25) is 0 Å². The average molecular weight is 507 g/mol. The Bertz CT molecular complexity index is 1380. The molecule has 0 spiro atoms. The first kappa shape index (κ1) is 26.2. The van der Waals surface area contributed by atoms with Crippen molar-refractivity contribution in [3.63, 3.8) is 0 Å². The van der Waals surface area contributed by atoms with Crippen LogP contribution in [0.25, 0.3) is 16.9 Å². The molecule has 0 aliphatic carbocycles. The van der Waals surface area contributed by atoms with E-state index < -0.39 is 0 Å². The number of halogens is 1. The van der Waals surface area contributed by atoms with Crippen molar-refractivity contribution < 1.29 is 18.7 Å². The maximum atomic E-state index is 13.6. The number of benzene rings is 1. The number of fused-ring (bicyclic) bond motifs is 2. The molecular formula is C27H31FN6O3. The Balaban J connectivity index is 0.000000480. The largest absolute Gasteiger partial charge is 0.382 e. The molecule has 0 fully saturated rings. The summed E-state index contributed by atoms with van der Waals surface area (Å²) in [5.74, 6) is 0.207. The Morgan fingerprint density at radius 2 is 1.92 bits per heavy atom. The van der Waals surface area contributed by atoms with E-state index in [9.17, 15) is 9.18 Å². The van der Waals surface area contributed by atoms with Crippen LogP contribution in [0.1, 0.15) is 21.6 Å². The molecule has 0 bridgehead atoms. The van der Waals surface area contributed by atoms with Crippen LogP contribution in [0.5, 0.6) is 0 Å². The van der Waals surface area contributed by atoms with Crippen molar-refractivity contribution in [2.45, 2.75) is 13.1 Å². The molecule has 0 radical (unpaired) electrons. The highest BCUT2D eigenvalue weighted by Gasteiger charge is 2.27. The van der Waals surface area contributed by atoms with Gasteiger partial charge in [0.25, 0.3) is 5.91 Å². The highest BCUT2D eigenvalue weighted by molar-refractivity contribution is 6.06. The topological polar surface area (TPSA) is 93.0 Å². The summed E-state index contributed by atoms with van der Waals surface area (Å²) >= 11 is 0. The maximum Gasteiger partial charge on any atom is 0.254 e. The van der Waals surface area contributed by atoms with Crippen LogP contribution in [-0.2, 0) is 22.6 Å². The number of nitrogens with zero attached hydrogens (tertiary/aromatic N) is 4. The van der Waals surface area contributed by atoms with Crippen molar-refractivity contribution in [3.8, 4) is 11.3 Å². The number of pyridine rings is 2.